The largest absolute Gasteiger partial charge is 0.376 e. The second-order valence-electron chi connectivity index (χ2n) is 8.05. The number of thioether (sulfide) groups is 1. The summed E-state index contributed by atoms with van der Waals surface area (Å²) < 4.78 is 8.57. The maximum absolute atomic E-state index is 12.7. The van der Waals surface area contributed by atoms with E-state index < -0.39 is 0 Å². The van der Waals surface area contributed by atoms with Crippen LogP contribution in [0, 0.1) is 6.92 Å². The number of hydrogen-bond acceptors (Lipinski definition) is 7. The molecule has 3 heterocycles. The number of rotatable bonds is 6. The van der Waals surface area contributed by atoms with Crippen LogP contribution >= 0.6 is 23.1 Å². The van der Waals surface area contributed by atoms with Gasteiger partial charge in [-0.2, -0.15) is 4.98 Å². The second kappa shape index (κ2) is 8.72. The van der Waals surface area contributed by atoms with Crippen LogP contribution in [-0.4, -0.2) is 38.9 Å². The van der Waals surface area contributed by atoms with Crippen molar-refractivity contribution in [2.75, 3.05) is 17.7 Å². The lowest BCUT2D eigenvalue weighted by atomic mass is 10.2. The summed E-state index contributed by atoms with van der Waals surface area (Å²) in [6, 6.07) is 6.04. The third-order valence-electron chi connectivity index (χ3n) is 5.74. The first kappa shape index (κ1) is 20.7. The van der Waals surface area contributed by atoms with Gasteiger partial charge in [-0.05, 0) is 56.7 Å². The van der Waals surface area contributed by atoms with Crippen LogP contribution in [0.5, 0.6) is 0 Å². The van der Waals surface area contributed by atoms with Crippen molar-refractivity contribution < 1.29 is 9.53 Å². The molecule has 1 saturated heterocycles. The first-order valence-corrected chi connectivity index (χ1v) is 12.4. The summed E-state index contributed by atoms with van der Waals surface area (Å²) in [5.74, 6) is 0.0571. The minimum Gasteiger partial charge on any atom is -0.376 e. The molecule has 2 aliphatic rings. The molecule has 0 bridgehead atoms. The van der Waals surface area contributed by atoms with Crippen molar-refractivity contribution >= 4 is 44.4 Å². The van der Waals surface area contributed by atoms with Gasteiger partial charge >= 0.3 is 5.69 Å². The minimum absolute atomic E-state index is 0.103. The summed E-state index contributed by atoms with van der Waals surface area (Å²) in [4.78, 5) is 34.1. The smallest absolute Gasteiger partial charge is 0.348 e. The first-order chi connectivity index (χ1) is 15.1. The van der Waals surface area contributed by atoms with Crippen LogP contribution in [0.3, 0.4) is 0 Å². The maximum Gasteiger partial charge on any atom is 0.348 e. The predicted molar refractivity (Wildman–Crippen MR) is 123 cm³/mol. The lowest BCUT2D eigenvalue weighted by molar-refractivity contribution is -0.113. The zero-order valence-electron chi connectivity index (χ0n) is 17.3. The van der Waals surface area contributed by atoms with Gasteiger partial charge in [-0.3, -0.25) is 9.36 Å². The summed E-state index contributed by atoms with van der Waals surface area (Å²) in [6.45, 7) is 3.39. The molecule has 1 aliphatic carbocycles. The Morgan fingerprint density at radius 3 is 3.06 bits per heavy atom. The lowest BCUT2D eigenvalue weighted by Gasteiger charge is -2.17. The van der Waals surface area contributed by atoms with E-state index in [0.717, 1.165) is 60.2 Å². The third-order valence-corrected chi connectivity index (χ3v) is 7.69. The van der Waals surface area contributed by atoms with Gasteiger partial charge in [0, 0.05) is 17.9 Å². The number of anilines is 1. The maximum atomic E-state index is 12.7. The molecule has 1 aromatic carbocycles. The van der Waals surface area contributed by atoms with Crippen molar-refractivity contribution in [3.8, 4) is 0 Å². The molecule has 31 heavy (non-hydrogen) atoms. The summed E-state index contributed by atoms with van der Waals surface area (Å²) >= 11 is 2.80. The molecule has 0 radical (unpaired) electrons. The van der Waals surface area contributed by atoms with E-state index in [0.29, 0.717) is 16.7 Å². The van der Waals surface area contributed by atoms with E-state index in [1.54, 1.807) is 4.57 Å². The Balaban J connectivity index is 1.28. The molecule has 0 saturated carbocycles. The van der Waals surface area contributed by atoms with E-state index in [4.69, 9.17) is 4.74 Å². The van der Waals surface area contributed by atoms with Gasteiger partial charge in [-0.1, -0.05) is 29.2 Å². The monoisotopic (exact) mass is 456 g/mol. The molecule has 3 aromatic rings. The molecule has 1 fully saturated rings. The van der Waals surface area contributed by atoms with Crippen molar-refractivity contribution in [1.29, 1.82) is 0 Å². The van der Waals surface area contributed by atoms with Gasteiger partial charge in [-0.25, -0.2) is 9.78 Å². The number of nitrogens with zero attached hydrogens (tertiary/aromatic N) is 3. The van der Waals surface area contributed by atoms with Crippen LogP contribution in [0.25, 0.3) is 10.2 Å². The zero-order chi connectivity index (χ0) is 21.4. The lowest BCUT2D eigenvalue weighted by Crippen LogP contribution is -2.31. The fourth-order valence-electron chi connectivity index (χ4n) is 4.26. The number of fused-ring (bicyclic) bond motifs is 2. The van der Waals surface area contributed by atoms with Crippen molar-refractivity contribution in [2.24, 2.45) is 0 Å². The van der Waals surface area contributed by atoms with Crippen LogP contribution < -0.4 is 11.0 Å². The first-order valence-electron chi connectivity index (χ1n) is 10.6. The second-order valence-corrected chi connectivity index (χ2v) is 10.0. The quantitative estimate of drug-likeness (QED) is 0.451. The Morgan fingerprint density at radius 2 is 2.23 bits per heavy atom. The van der Waals surface area contributed by atoms with Crippen LogP contribution in [-0.2, 0) is 28.9 Å². The molecule has 5 rings (SSSR count). The number of carbonyl (C=O) groups is 1. The Labute approximate surface area is 188 Å². The molecule has 1 unspecified atom stereocenters. The van der Waals surface area contributed by atoms with Gasteiger partial charge in [0.2, 0.25) is 5.91 Å². The number of thiazole rings is 1. The zero-order valence-corrected chi connectivity index (χ0v) is 19.0. The highest BCUT2D eigenvalue weighted by Gasteiger charge is 2.25. The fraction of sp³-hybridized carbons (Fsp3) is 0.455. The van der Waals surface area contributed by atoms with E-state index in [9.17, 15) is 9.59 Å². The highest BCUT2D eigenvalue weighted by molar-refractivity contribution is 8.00. The van der Waals surface area contributed by atoms with E-state index >= 15 is 0 Å². The molecule has 162 valence electrons. The molecule has 1 amide bonds. The Bertz CT molecular complexity index is 1200. The number of carbonyl (C=O) groups excluding carboxylic acids is 1. The topological polar surface area (TPSA) is 86.1 Å². The number of amides is 1. The Morgan fingerprint density at radius 1 is 1.32 bits per heavy atom. The van der Waals surface area contributed by atoms with Crippen LogP contribution in [0.15, 0.2) is 28.0 Å². The predicted octanol–water partition coefficient (Wildman–Crippen LogP) is 3.56. The van der Waals surface area contributed by atoms with Crippen LogP contribution in [0.4, 0.5) is 5.13 Å². The number of benzene rings is 1. The molecule has 1 aliphatic heterocycles. The SMILES string of the molecule is Cc1ccc2nc(NC(=O)CSc3nc(=O)n(CC4CCCO4)c4c3CCC4)sc2c1. The molecule has 0 spiro atoms. The standard InChI is InChI=1S/C22H24N4O3S2/c1-13-7-8-16-18(10-13)31-21(23-16)24-19(27)12-30-20-15-5-2-6-17(15)26(22(28)25-20)11-14-4-3-9-29-14/h7-8,10,14H,2-6,9,11-12H2,1H3,(H,23,24,27). The molecular weight excluding hydrogens is 432 g/mol. The van der Waals surface area contributed by atoms with Crippen molar-refractivity contribution in [2.45, 2.75) is 56.7 Å². The van der Waals surface area contributed by atoms with E-state index in [1.165, 1.54) is 28.7 Å². The van der Waals surface area contributed by atoms with Gasteiger partial charge < -0.3 is 10.1 Å². The number of hydrogen-bond donors (Lipinski definition) is 1. The van der Waals surface area contributed by atoms with Gasteiger partial charge in [0.25, 0.3) is 0 Å². The number of aryl methyl sites for hydroxylation is 1. The molecule has 1 N–H and O–H groups in total. The summed E-state index contributed by atoms with van der Waals surface area (Å²) in [7, 11) is 0. The normalized spacial score (nSPS) is 17.9. The highest BCUT2D eigenvalue weighted by Crippen LogP contribution is 2.31. The van der Waals surface area contributed by atoms with Gasteiger partial charge in [0.1, 0.15) is 5.03 Å². The molecule has 2 aromatic heterocycles. The van der Waals surface area contributed by atoms with E-state index in [2.05, 4.69) is 21.4 Å². The van der Waals surface area contributed by atoms with Crippen molar-refractivity contribution in [1.82, 2.24) is 14.5 Å². The summed E-state index contributed by atoms with van der Waals surface area (Å²) in [5.41, 5.74) is 4.00. The third kappa shape index (κ3) is 4.40. The average molecular weight is 457 g/mol. The van der Waals surface area contributed by atoms with E-state index in [1.807, 2.05) is 19.1 Å². The molecule has 7 nitrogen and oxygen atoms in total. The van der Waals surface area contributed by atoms with Crippen molar-refractivity contribution in [3.05, 3.63) is 45.5 Å². The molecule has 9 heteroatoms. The molecular formula is C22H24N4O3S2. The average Bonchev–Trinajstić information content (AvgIpc) is 3.48. The summed E-state index contributed by atoms with van der Waals surface area (Å²) in [5, 5.41) is 4.17. The Hall–Kier alpha value is -2.23. The van der Waals surface area contributed by atoms with Gasteiger partial charge in [-0.15, -0.1) is 0 Å². The fourth-order valence-corrected chi connectivity index (χ4v) is 6.12. The number of ether oxygens (including phenoxy) is 1. The highest BCUT2D eigenvalue weighted by atomic mass is 32.2. The molecule has 1 atom stereocenters. The Kier molecular flexibility index (Phi) is 5.81. The van der Waals surface area contributed by atoms with E-state index in [-0.39, 0.29) is 23.5 Å². The van der Waals surface area contributed by atoms with Gasteiger partial charge in [0.15, 0.2) is 5.13 Å². The number of aromatic nitrogens is 3. The van der Waals surface area contributed by atoms with Crippen LogP contribution in [0.1, 0.15) is 36.1 Å². The summed E-state index contributed by atoms with van der Waals surface area (Å²) in [6.07, 6.45) is 4.93. The van der Waals surface area contributed by atoms with Gasteiger partial charge in [0.05, 0.1) is 28.6 Å². The van der Waals surface area contributed by atoms with Crippen molar-refractivity contribution in [3.63, 3.8) is 0 Å². The minimum atomic E-state index is -0.236. The van der Waals surface area contributed by atoms with Crippen LogP contribution in [0.2, 0.25) is 0 Å². The number of nitrogens with one attached hydrogen (secondary N) is 1.